The summed E-state index contributed by atoms with van der Waals surface area (Å²) in [5.74, 6) is 0.0481. The van der Waals surface area contributed by atoms with E-state index in [2.05, 4.69) is 10.2 Å². The monoisotopic (exact) mass is 279 g/mol. The zero-order valence-electron chi connectivity index (χ0n) is 10.3. The highest BCUT2D eigenvalue weighted by atomic mass is 32.2. The lowest BCUT2D eigenvalue weighted by atomic mass is 10.3. The molecule has 2 atom stereocenters. The van der Waals surface area contributed by atoms with Gasteiger partial charge in [-0.3, -0.25) is 4.90 Å². The maximum Gasteiger partial charge on any atom is 0.215 e. The number of aliphatic hydroxyl groups excluding tert-OH is 2. The molecule has 2 fully saturated rings. The van der Waals surface area contributed by atoms with Crippen LogP contribution < -0.4 is 5.32 Å². The molecule has 2 aliphatic rings. The first kappa shape index (κ1) is 14.2. The zero-order chi connectivity index (χ0) is 13.2. The molecule has 2 aliphatic heterocycles. The van der Waals surface area contributed by atoms with Crippen molar-refractivity contribution in [2.45, 2.75) is 12.2 Å². The summed E-state index contributed by atoms with van der Waals surface area (Å²) < 4.78 is 25.2. The Kier molecular flexibility index (Phi) is 4.57. The van der Waals surface area contributed by atoms with Crippen molar-refractivity contribution in [3.8, 4) is 0 Å². The van der Waals surface area contributed by atoms with Crippen molar-refractivity contribution >= 4 is 10.0 Å². The van der Waals surface area contributed by atoms with E-state index in [0.717, 1.165) is 26.2 Å². The van der Waals surface area contributed by atoms with Gasteiger partial charge in [0.2, 0.25) is 10.0 Å². The molecule has 3 N–H and O–H groups in total. The first-order valence-electron chi connectivity index (χ1n) is 6.26. The van der Waals surface area contributed by atoms with Crippen LogP contribution in [-0.4, -0.2) is 91.6 Å². The van der Waals surface area contributed by atoms with E-state index in [9.17, 15) is 18.6 Å². The maximum absolute atomic E-state index is 12.0. The molecule has 7 nitrogen and oxygen atoms in total. The van der Waals surface area contributed by atoms with Crippen LogP contribution in [0.3, 0.4) is 0 Å². The molecule has 0 bridgehead atoms. The summed E-state index contributed by atoms with van der Waals surface area (Å²) in [6.07, 6.45) is -1.92. The van der Waals surface area contributed by atoms with E-state index >= 15 is 0 Å². The molecule has 2 unspecified atom stereocenters. The van der Waals surface area contributed by atoms with Gasteiger partial charge in [0.15, 0.2) is 0 Å². The lowest BCUT2D eigenvalue weighted by Gasteiger charge is -2.27. The van der Waals surface area contributed by atoms with Gasteiger partial charge in [-0.1, -0.05) is 0 Å². The molecular formula is C10H21N3O4S. The highest BCUT2D eigenvalue weighted by Crippen LogP contribution is 2.15. The molecule has 0 aromatic rings. The summed E-state index contributed by atoms with van der Waals surface area (Å²) in [7, 11) is -3.37. The molecule has 106 valence electrons. The summed E-state index contributed by atoms with van der Waals surface area (Å²) in [4.78, 5) is 2.11. The fourth-order valence-electron chi connectivity index (χ4n) is 2.27. The minimum absolute atomic E-state index is 0.00502. The van der Waals surface area contributed by atoms with Crippen molar-refractivity contribution in [1.82, 2.24) is 14.5 Å². The van der Waals surface area contributed by atoms with Crippen LogP contribution in [0, 0.1) is 0 Å². The average molecular weight is 279 g/mol. The van der Waals surface area contributed by atoms with Gasteiger partial charge in [0, 0.05) is 45.8 Å². The number of hydrogen-bond donors (Lipinski definition) is 3. The van der Waals surface area contributed by atoms with Crippen LogP contribution >= 0.6 is 0 Å². The average Bonchev–Trinajstić information content (AvgIpc) is 2.70. The van der Waals surface area contributed by atoms with Gasteiger partial charge in [-0.2, -0.15) is 4.31 Å². The highest BCUT2D eigenvalue weighted by molar-refractivity contribution is 7.89. The molecule has 0 radical (unpaired) electrons. The van der Waals surface area contributed by atoms with E-state index in [1.54, 1.807) is 0 Å². The van der Waals surface area contributed by atoms with Crippen molar-refractivity contribution < 1.29 is 18.6 Å². The fourth-order valence-corrected chi connectivity index (χ4v) is 3.78. The summed E-state index contributed by atoms with van der Waals surface area (Å²) in [5.41, 5.74) is 0. The quantitative estimate of drug-likeness (QED) is 0.517. The van der Waals surface area contributed by atoms with Crippen LogP contribution in [0.5, 0.6) is 0 Å². The van der Waals surface area contributed by atoms with Gasteiger partial charge in [0.1, 0.15) is 0 Å². The maximum atomic E-state index is 12.0. The van der Waals surface area contributed by atoms with Crippen molar-refractivity contribution in [2.75, 3.05) is 51.6 Å². The van der Waals surface area contributed by atoms with E-state index in [-0.39, 0.29) is 18.8 Å². The van der Waals surface area contributed by atoms with Crippen LogP contribution in [0.15, 0.2) is 0 Å². The molecular weight excluding hydrogens is 258 g/mol. The van der Waals surface area contributed by atoms with E-state index in [0.29, 0.717) is 6.54 Å². The summed E-state index contributed by atoms with van der Waals surface area (Å²) in [5, 5.41) is 22.0. The van der Waals surface area contributed by atoms with Crippen LogP contribution in [0.4, 0.5) is 0 Å². The Hall–Kier alpha value is -0.250. The Morgan fingerprint density at radius 2 is 1.67 bits per heavy atom. The molecule has 0 aliphatic carbocycles. The number of β-amino-alcohol motifs (C(OH)–C–C–N with tert-alkyl or cyclic N) is 2. The van der Waals surface area contributed by atoms with Crippen molar-refractivity contribution in [1.29, 1.82) is 0 Å². The van der Waals surface area contributed by atoms with Gasteiger partial charge in [-0.05, 0) is 0 Å². The molecule has 8 heteroatoms. The minimum Gasteiger partial charge on any atom is -0.389 e. The topological polar surface area (TPSA) is 93.1 Å². The van der Waals surface area contributed by atoms with E-state index in [4.69, 9.17) is 0 Å². The normalized spacial score (nSPS) is 31.9. The molecule has 0 aromatic carbocycles. The van der Waals surface area contributed by atoms with Crippen molar-refractivity contribution in [2.24, 2.45) is 0 Å². The van der Waals surface area contributed by atoms with Gasteiger partial charge in [-0.15, -0.1) is 0 Å². The van der Waals surface area contributed by atoms with Gasteiger partial charge in [0.25, 0.3) is 0 Å². The molecule has 0 amide bonds. The Bertz CT molecular complexity index is 359. The predicted molar refractivity (Wildman–Crippen MR) is 66.7 cm³/mol. The van der Waals surface area contributed by atoms with E-state index in [1.165, 1.54) is 4.31 Å². The Balaban J connectivity index is 1.83. The van der Waals surface area contributed by atoms with E-state index in [1.807, 2.05) is 0 Å². The number of sulfonamides is 1. The summed E-state index contributed by atoms with van der Waals surface area (Å²) in [6, 6.07) is 0. The predicted octanol–water partition coefficient (Wildman–Crippen LogP) is -2.74. The van der Waals surface area contributed by atoms with E-state index < -0.39 is 22.2 Å². The standard InChI is InChI=1S/C10H21N3O4S/c14-9-7-13(8-10(9)15)18(16,17)6-5-12-3-1-11-2-4-12/h9-11,14-15H,1-8H2. The first-order chi connectivity index (χ1) is 8.49. The lowest BCUT2D eigenvalue weighted by Crippen LogP contribution is -2.46. The Morgan fingerprint density at radius 1 is 1.11 bits per heavy atom. The molecule has 0 aromatic heterocycles. The van der Waals surface area contributed by atoms with Crippen LogP contribution in [-0.2, 0) is 10.0 Å². The molecule has 0 saturated carbocycles. The number of rotatable bonds is 4. The van der Waals surface area contributed by atoms with Crippen LogP contribution in [0.25, 0.3) is 0 Å². The second-order valence-corrected chi connectivity index (χ2v) is 6.95. The Labute approximate surface area is 107 Å². The fraction of sp³-hybridized carbons (Fsp3) is 1.00. The largest absolute Gasteiger partial charge is 0.389 e. The van der Waals surface area contributed by atoms with Gasteiger partial charge >= 0.3 is 0 Å². The molecule has 18 heavy (non-hydrogen) atoms. The lowest BCUT2D eigenvalue weighted by molar-refractivity contribution is 0.0572. The number of nitrogens with one attached hydrogen (secondary N) is 1. The van der Waals surface area contributed by atoms with Crippen molar-refractivity contribution in [3.63, 3.8) is 0 Å². The SMILES string of the molecule is O=S(=O)(CCN1CCNCC1)N1CC(O)C(O)C1. The number of hydrogen-bond acceptors (Lipinski definition) is 6. The number of nitrogens with zero attached hydrogens (tertiary/aromatic N) is 2. The Morgan fingerprint density at radius 3 is 2.22 bits per heavy atom. The zero-order valence-corrected chi connectivity index (χ0v) is 11.1. The third-order valence-corrected chi connectivity index (χ3v) is 5.28. The minimum atomic E-state index is -3.37. The van der Waals surface area contributed by atoms with Gasteiger partial charge in [-0.25, -0.2) is 8.42 Å². The second kappa shape index (κ2) is 5.81. The smallest absolute Gasteiger partial charge is 0.215 e. The summed E-state index contributed by atoms with van der Waals surface area (Å²) >= 11 is 0. The van der Waals surface area contributed by atoms with Crippen LogP contribution in [0.2, 0.25) is 0 Å². The number of aliphatic hydroxyl groups is 2. The molecule has 2 rings (SSSR count). The highest BCUT2D eigenvalue weighted by Gasteiger charge is 2.36. The first-order valence-corrected chi connectivity index (χ1v) is 7.87. The second-order valence-electron chi connectivity index (χ2n) is 4.86. The molecule has 0 spiro atoms. The third-order valence-electron chi connectivity index (χ3n) is 3.49. The van der Waals surface area contributed by atoms with Crippen molar-refractivity contribution in [3.05, 3.63) is 0 Å². The summed E-state index contributed by atoms with van der Waals surface area (Å²) in [6.45, 7) is 4.02. The molecule has 2 saturated heterocycles. The van der Waals surface area contributed by atoms with Crippen LogP contribution in [0.1, 0.15) is 0 Å². The third kappa shape index (κ3) is 3.40. The van der Waals surface area contributed by atoms with Gasteiger partial charge in [0.05, 0.1) is 18.0 Å². The number of piperazine rings is 1. The van der Waals surface area contributed by atoms with Gasteiger partial charge < -0.3 is 15.5 Å². The molecule has 2 heterocycles.